The Morgan fingerprint density at radius 2 is 2.05 bits per heavy atom. The van der Waals surface area contributed by atoms with E-state index in [1.807, 2.05) is 12.1 Å². The second kappa shape index (κ2) is 6.06. The SMILES string of the molecule is CC(C)C1CC(Nc2ccc(C(N)=O)cc2)CCO1. The van der Waals surface area contributed by atoms with Crippen LogP contribution in [0.3, 0.4) is 0 Å². The van der Waals surface area contributed by atoms with Gasteiger partial charge in [0.25, 0.3) is 0 Å². The summed E-state index contributed by atoms with van der Waals surface area (Å²) in [4.78, 5) is 11.0. The maximum absolute atomic E-state index is 11.0. The molecule has 4 nitrogen and oxygen atoms in total. The van der Waals surface area contributed by atoms with E-state index in [1.165, 1.54) is 0 Å². The van der Waals surface area contributed by atoms with Crippen molar-refractivity contribution >= 4 is 11.6 Å². The molecule has 0 aliphatic carbocycles. The minimum atomic E-state index is -0.391. The summed E-state index contributed by atoms with van der Waals surface area (Å²) in [6, 6.07) is 7.74. The third-order valence-electron chi connectivity index (χ3n) is 3.60. The lowest BCUT2D eigenvalue weighted by Crippen LogP contribution is -2.36. The van der Waals surface area contributed by atoms with Crippen LogP contribution in [0.5, 0.6) is 0 Å². The number of hydrogen-bond donors (Lipinski definition) is 2. The highest BCUT2D eigenvalue weighted by Crippen LogP contribution is 2.23. The Kier molecular flexibility index (Phi) is 4.43. The molecule has 1 saturated heterocycles. The topological polar surface area (TPSA) is 64.3 Å². The molecule has 2 atom stereocenters. The Labute approximate surface area is 114 Å². The fourth-order valence-corrected chi connectivity index (χ4v) is 2.39. The van der Waals surface area contributed by atoms with Crippen LogP contribution in [-0.4, -0.2) is 24.7 Å². The molecule has 1 heterocycles. The first kappa shape index (κ1) is 13.9. The van der Waals surface area contributed by atoms with Crippen LogP contribution in [0.15, 0.2) is 24.3 Å². The van der Waals surface area contributed by atoms with Gasteiger partial charge in [0.1, 0.15) is 0 Å². The standard InChI is InChI=1S/C15H22N2O2/c1-10(2)14-9-13(7-8-19-14)17-12-5-3-11(4-6-12)15(16)18/h3-6,10,13-14,17H,7-9H2,1-2H3,(H2,16,18). The Morgan fingerprint density at radius 1 is 1.37 bits per heavy atom. The summed E-state index contributed by atoms with van der Waals surface area (Å²) >= 11 is 0. The first-order chi connectivity index (χ1) is 9.06. The molecule has 1 aromatic carbocycles. The van der Waals surface area contributed by atoms with Crippen LogP contribution < -0.4 is 11.1 Å². The maximum atomic E-state index is 11.0. The van der Waals surface area contributed by atoms with Gasteiger partial charge in [-0.3, -0.25) is 4.79 Å². The van der Waals surface area contributed by atoms with E-state index in [-0.39, 0.29) is 0 Å². The van der Waals surface area contributed by atoms with E-state index in [2.05, 4.69) is 19.2 Å². The van der Waals surface area contributed by atoms with Crippen LogP contribution in [0.1, 0.15) is 37.0 Å². The van der Waals surface area contributed by atoms with Crippen molar-refractivity contribution in [1.29, 1.82) is 0 Å². The van der Waals surface area contributed by atoms with E-state index in [0.717, 1.165) is 25.1 Å². The zero-order valence-corrected chi connectivity index (χ0v) is 11.6. The summed E-state index contributed by atoms with van der Waals surface area (Å²) in [5, 5.41) is 3.50. The summed E-state index contributed by atoms with van der Waals surface area (Å²) in [6.07, 6.45) is 2.37. The van der Waals surface area contributed by atoms with Gasteiger partial charge in [0, 0.05) is 23.9 Å². The molecule has 0 radical (unpaired) electrons. The van der Waals surface area contributed by atoms with Gasteiger partial charge in [-0.15, -0.1) is 0 Å². The zero-order chi connectivity index (χ0) is 13.8. The second-order valence-electron chi connectivity index (χ2n) is 5.46. The maximum Gasteiger partial charge on any atom is 0.248 e. The van der Waals surface area contributed by atoms with Crippen LogP contribution in [0.2, 0.25) is 0 Å². The number of nitrogens with two attached hydrogens (primary N) is 1. The number of amides is 1. The van der Waals surface area contributed by atoms with E-state index in [0.29, 0.717) is 23.6 Å². The molecule has 19 heavy (non-hydrogen) atoms. The van der Waals surface area contributed by atoms with Crippen molar-refractivity contribution < 1.29 is 9.53 Å². The van der Waals surface area contributed by atoms with Crippen LogP contribution in [0.4, 0.5) is 5.69 Å². The molecule has 0 aromatic heterocycles. The van der Waals surface area contributed by atoms with E-state index in [1.54, 1.807) is 12.1 Å². The van der Waals surface area contributed by atoms with Gasteiger partial charge in [0.15, 0.2) is 0 Å². The zero-order valence-electron chi connectivity index (χ0n) is 11.6. The van der Waals surface area contributed by atoms with Gasteiger partial charge in [0.05, 0.1) is 6.10 Å². The minimum Gasteiger partial charge on any atom is -0.382 e. The quantitative estimate of drug-likeness (QED) is 0.875. The number of benzene rings is 1. The first-order valence-corrected chi connectivity index (χ1v) is 6.84. The van der Waals surface area contributed by atoms with Crippen molar-refractivity contribution in [3.8, 4) is 0 Å². The Balaban J connectivity index is 1.95. The minimum absolute atomic E-state index is 0.330. The van der Waals surface area contributed by atoms with E-state index >= 15 is 0 Å². The molecule has 1 fully saturated rings. The van der Waals surface area contributed by atoms with Gasteiger partial charge in [-0.1, -0.05) is 13.8 Å². The lowest BCUT2D eigenvalue weighted by Gasteiger charge is -2.33. The molecule has 0 bridgehead atoms. The molecule has 2 rings (SSSR count). The number of ether oxygens (including phenoxy) is 1. The molecular formula is C15H22N2O2. The molecular weight excluding hydrogens is 240 g/mol. The van der Waals surface area contributed by atoms with Crippen molar-refractivity contribution in [2.45, 2.75) is 38.8 Å². The van der Waals surface area contributed by atoms with E-state index < -0.39 is 5.91 Å². The van der Waals surface area contributed by atoms with Crippen molar-refractivity contribution in [3.05, 3.63) is 29.8 Å². The second-order valence-corrected chi connectivity index (χ2v) is 5.46. The largest absolute Gasteiger partial charge is 0.382 e. The Morgan fingerprint density at radius 3 is 2.63 bits per heavy atom. The van der Waals surface area contributed by atoms with Crippen molar-refractivity contribution in [1.82, 2.24) is 0 Å². The van der Waals surface area contributed by atoms with Gasteiger partial charge in [-0.05, 0) is 43.0 Å². The summed E-state index contributed by atoms with van der Waals surface area (Å²) < 4.78 is 5.76. The molecule has 3 N–H and O–H groups in total. The van der Waals surface area contributed by atoms with Gasteiger partial charge in [-0.2, -0.15) is 0 Å². The predicted molar refractivity (Wildman–Crippen MR) is 76.2 cm³/mol. The van der Waals surface area contributed by atoms with Crippen LogP contribution in [0, 0.1) is 5.92 Å². The number of primary amides is 1. The third kappa shape index (κ3) is 3.70. The highest BCUT2D eigenvalue weighted by Gasteiger charge is 2.24. The molecule has 1 aromatic rings. The van der Waals surface area contributed by atoms with Crippen molar-refractivity contribution in [3.63, 3.8) is 0 Å². The van der Waals surface area contributed by atoms with Crippen LogP contribution >= 0.6 is 0 Å². The van der Waals surface area contributed by atoms with Gasteiger partial charge >= 0.3 is 0 Å². The van der Waals surface area contributed by atoms with Crippen molar-refractivity contribution in [2.75, 3.05) is 11.9 Å². The normalized spacial score (nSPS) is 23.3. The fourth-order valence-electron chi connectivity index (χ4n) is 2.39. The van der Waals surface area contributed by atoms with Crippen molar-refractivity contribution in [2.24, 2.45) is 11.7 Å². The molecule has 4 heteroatoms. The average Bonchev–Trinajstić information content (AvgIpc) is 2.39. The number of hydrogen-bond acceptors (Lipinski definition) is 3. The highest BCUT2D eigenvalue weighted by atomic mass is 16.5. The number of carbonyl (C=O) groups excluding carboxylic acids is 1. The Bertz CT molecular complexity index is 428. The first-order valence-electron chi connectivity index (χ1n) is 6.84. The predicted octanol–water partition coefficient (Wildman–Crippen LogP) is 2.40. The van der Waals surface area contributed by atoms with Crippen LogP contribution in [0.25, 0.3) is 0 Å². The lowest BCUT2D eigenvalue weighted by molar-refractivity contribution is -0.0160. The number of carbonyl (C=O) groups is 1. The number of anilines is 1. The summed E-state index contributed by atoms with van der Waals surface area (Å²) in [5.41, 5.74) is 6.79. The molecule has 104 valence electrons. The summed E-state index contributed by atoms with van der Waals surface area (Å²) in [5.74, 6) is 0.152. The van der Waals surface area contributed by atoms with Gasteiger partial charge in [-0.25, -0.2) is 0 Å². The highest BCUT2D eigenvalue weighted by molar-refractivity contribution is 5.93. The average molecular weight is 262 g/mol. The number of nitrogens with one attached hydrogen (secondary N) is 1. The molecule has 2 unspecified atom stereocenters. The number of rotatable bonds is 4. The summed E-state index contributed by atoms with van der Waals surface area (Å²) in [6.45, 7) is 5.18. The molecule has 1 aliphatic heterocycles. The summed E-state index contributed by atoms with van der Waals surface area (Å²) in [7, 11) is 0. The monoisotopic (exact) mass is 262 g/mol. The molecule has 1 aliphatic rings. The molecule has 0 saturated carbocycles. The van der Waals surface area contributed by atoms with Crippen LogP contribution in [-0.2, 0) is 4.74 Å². The van der Waals surface area contributed by atoms with Gasteiger partial charge < -0.3 is 15.8 Å². The third-order valence-corrected chi connectivity index (χ3v) is 3.60. The van der Waals surface area contributed by atoms with Gasteiger partial charge in [0.2, 0.25) is 5.91 Å². The van der Waals surface area contributed by atoms with E-state index in [9.17, 15) is 4.79 Å². The smallest absolute Gasteiger partial charge is 0.248 e. The molecule has 0 spiro atoms. The fraction of sp³-hybridized carbons (Fsp3) is 0.533. The lowest BCUT2D eigenvalue weighted by atomic mass is 9.95. The van der Waals surface area contributed by atoms with E-state index in [4.69, 9.17) is 10.5 Å². The molecule has 1 amide bonds. The Hall–Kier alpha value is -1.55.